The minimum Gasteiger partial charge on any atom is -0.484 e. The molecule has 0 heterocycles. The molecule has 0 radical (unpaired) electrons. The van der Waals surface area contributed by atoms with Crippen molar-refractivity contribution >= 4 is 11.6 Å². The second-order valence-corrected chi connectivity index (χ2v) is 4.84. The van der Waals surface area contributed by atoms with E-state index < -0.39 is 27.9 Å². The monoisotopic (exact) mass is 283 g/mol. The number of rotatable bonds is 6. The molecule has 108 valence electrons. The summed E-state index contributed by atoms with van der Waals surface area (Å²) in [6.45, 7) is -0.278. The zero-order chi connectivity index (χ0) is 14.9. The summed E-state index contributed by atoms with van der Waals surface area (Å²) in [5.74, 6) is -1.70. The van der Waals surface area contributed by atoms with Gasteiger partial charge in [0.1, 0.15) is 18.0 Å². The molecule has 0 aromatic heterocycles. The van der Waals surface area contributed by atoms with Crippen molar-refractivity contribution in [1.29, 1.82) is 0 Å². The number of nitro groups is 1. The maximum absolute atomic E-state index is 13.0. The second-order valence-electron chi connectivity index (χ2n) is 4.84. The number of carbonyl (C=O) groups is 1. The Balaban J connectivity index is 2.18. The second kappa shape index (κ2) is 5.04. The molecule has 0 spiro atoms. The molecule has 0 saturated heterocycles. The molecule has 1 unspecified atom stereocenters. The van der Waals surface area contributed by atoms with Crippen LogP contribution in [0.25, 0.3) is 0 Å². The maximum Gasteiger partial charge on any atom is 0.313 e. The molecule has 0 aliphatic heterocycles. The van der Waals surface area contributed by atoms with Crippen LogP contribution in [0.2, 0.25) is 0 Å². The average Bonchev–Trinajstić information content (AvgIpc) is 3.21. The van der Waals surface area contributed by atoms with Crippen LogP contribution in [0, 0.1) is 21.8 Å². The number of hydrogen-bond acceptors (Lipinski definition) is 5. The summed E-state index contributed by atoms with van der Waals surface area (Å²) in [6.07, 6.45) is 1.52. The number of benzene rings is 1. The highest BCUT2D eigenvalue weighted by Crippen LogP contribution is 2.39. The quantitative estimate of drug-likeness (QED) is 0.588. The molecule has 7 nitrogen and oxygen atoms in total. The summed E-state index contributed by atoms with van der Waals surface area (Å²) < 4.78 is 18.2. The van der Waals surface area contributed by atoms with Crippen LogP contribution in [0.1, 0.15) is 12.8 Å². The summed E-state index contributed by atoms with van der Waals surface area (Å²) in [5, 5.41) is 10.8. The lowest BCUT2D eigenvalue weighted by Gasteiger charge is -2.25. The number of nitrogens with zero attached hydrogens (tertiary/aromatic N) is 1. The molecule has 0 bridgehead atoms. The summed E-state index contributed by atoms with van der Waals surface area (Å²) >= 11 is 0. The van der Waals surface area contributed by atoms with Crippen molar-refractivity contribution in [2.24, 2.45) is 17.4 Å². The van der Waals surface area contributed by atoms with Gasteiger partial charge in [-0.2, -0.15) is 0 Å². The van der Waals surface area contributed by atoms with Gasteiger partial charge in [0, 0.05) is 0 Å². The van der Waals surface area contributed by atoms with E-state index in [0.717, 1.165) is 31.0 Å². The molecule has 1 fully saturated rings. The van der Waals surface area contributed by atoms with E-state index in [1.807, 2.05) is 0 Å². The molecule has 1 aliphatic carbocycles. The number of ether oxygens (including phenoxy) is 1. The van der Waals surface area contributed by atoms with Crippen LogP contribution in [0.15, 0.2) is 18.2 Å². The summed E-state index contributed by atoms with van der Waals surface area (Å²) in [6, 6.07) is 2.90. The zero-order valence-corrected chi connectivity index (χ0v) is 10.5. The van der Waals surface area contributed by atoms with E-state index in [1.165, 1.54) is 0 Å². The maximum atomic E-state index is 13.0. The third kappa shape index (κ3) is 2.69. The fraction of sp³-hybridized carbons (Fsp3) is 0.417. The van der Waals surface area contributed by atoms with E-state index in [2.05, 4.69) is 0 Å². The summed E-state index contributed by atoms with van der Waals surface area (Å²) in [5.41, 5.74) is 9.29. The van der Waals surface area contributed by atoms with Crippen LogP contribution in [-0.4, -0.2) is 23.0 Å². The predicted molar refractivity (Wildman–Crippen MR) is 67.4 cm³/mol. The largest absolute Gasteiger partial charge is 0.484 e. The van der Waals surface area contributed by atoms with Gasteiger partial charge in [-0.25, -0.2) is 4.39 Å². The number of hydrogen-bond donors (Lipinski definition) is 2. The lowest BCUT2D eigenvalue weighted by atomic mass is 9.95. The summed E-state index contributed by atoms with van der Waals surface area (Å²) in [4.78, 5) is 21.5. The Hall–Kier alpha value is -2.22. The molecular weight excluding hydrogens is 269 g/mol. The Labute approximate surface area is 113 Å². The van der Waals surface area contributed by atoms with Crippen LogP contribution in [0.3, 0.4) is 0 Å². The van der Waals surface area contributed by atoms with E-state index >= 15 is 0 Å². The highest BCUT2D eigenvalue weighted by molar-refractivity contribution is 5.85. The Morgan fingerprint density at radius 1 is 1.55 bits per heavy atom. The molecule has 1 amide bonds. The fourth-order valence-corrected chi connectivity index (χ4v) is 1.94. The van der Waals surface area contributed by atoms with Gasteiger partial charge in [-0.05, 0) is 30.9 Å². The van der Waals surface area contributed by atoms with Crippen molar-refractivity contribution in [3.63, 3.8) is 0 Å². The molecule has 1 saturated carbocycles. The van der Waals surface area contributed by atoms with Gasteiger partial charge in [-0.1, -0.05) is 0 Å². The number of nitrogens with two attached hydrogens (primary N) is 2. The van der Waals surface area contributed by atoms with E-state index in [4.69, 9.17) is 16.2 Å². The van der Waals surface area contributed by atoms with Crippen LogP contribution >= 0.6 is 0 Å². The highest BCUT2D eigenvalue weighted by Gasteiger charge is 2.47. The van der Waals surface area contributed by atoms with Crippen molar-refractivity contribution in [3.05, 3.63) is 34.1 Å². The van der Waals surface area contributed by atoms with Gasteiger partial charge < -0.3 is 16.2 Å². The smallest absolute Gasteiger partial charge is 0.313 e. The molecule has 2 rings (SSSR count). The topological polar surface area (TPSA) is 121 Å². The molecule has 20 heavy (non-hydrogen) atoms. The highest BCUT2D eigenvalue weighted by atomic mass is 19.1. The van der Waals surface area contributed by atoms with Gasteiger partial charge >= 0.3 is 5.69 Å². The summed E-state index contributed by atoms with van der Waals surface area (Å²) in [7, 11) is 0. The van der Waals surface area contributed by atoms with Gasteiger partial charge in [0.15, 0.2) is 5.75 Å². The molecule has 4 N–H and O–H groups in total. The molecule has 1 aromatic carbocycles. The normalized spacial score (nSPS) is 17.3. The lowest BCUT2D eigenvalue weighted by molar-refractivity contribution is -0.386. The Morgan fingerprint density at radius 3 is 2.70 bits per heavy atom. The van der Waals surface area contributed by atoms with Crippen molar-refractivity contribution in [2.45, 2.75) is 18.4 Å². The van der Waals surface area contributed by atoms with Gasteiger partial charge in [0.25, 0.3) is 0 Å². The van der Waals surface area contributed by atoms with Crippen molar-refractivity contribution in [2.75, 3.05) is 6.61 Å². The van der Waals surface area contributed by atoms with Crippen molar-refractivity contribution in [1.82, 2.24) is 0 Å². The third-order valence-corrected chi connectivity index (χ3v) is 3.35. The first kappa shape index (κ1) is 14.2. The van der Waals surface area contributed by atoms with Crippen LogP contribution in [0.5, 0.6) is 5.75 Å². The number of amides is 1. The Bertz CT molecular complexity index is 562. The molecular formula is C12H14FN3O4. The van der Waals surface area contributed by atoms with E-state index in [-0.39, 0.29) is 18.3 Å². The third-order valence-electron chi connectivity index (χ3n) is 3.35. The zero-order valence-electron chi connectivity index (χ0n) is 10.5. The fourth-order valence-electron chi connectivity index (χ4n) is 1.94. The first-order valence-electron chi connectivity index (χ1n) is 6.00. The Kier molecular flexibility index (Phi) is 3.58. The van der Waals surface area contributed by atoms with Crippen LogP contribution in [-0.2, 0) is 4.79 Å². The van der Waals surface area contributed by atoms with Gasteiger partial charge in [-0.3, -0.25) is 14.9 Å². The minimum absolute atomic E-state index is 0.0838. The molecule has 1 aromatic rings. The number of halogens is 1. The number of carbonyl (C=O) groups excluding carboxylic acids is 1. The standard InChI is InChI=1S/C12H14FN3O4/c13-8-3-4-10(9(5-8)16(18)19)20-6-12(15,11(14)17)7-1-2-7/h3-5,7H,1-2,6,15H2,(H2,14,17). The minimum atomic E-state index is -1.36. The number of nitro benzene ring substituents is 1. The first-order valence-corrected chi connectivity index (χ1v) is 6.00. The van der Waals surface area contributed by atoms with E-state index in [9.17, 15) is 19.3 Å². The van der Waals surface area contributed by atoms with E-state index in [0.29, 0.717) is 0 Å². The lowest BCUT2D eigenvalue weighted by Crippen LogP contribution is -2.58. The SMILES string of the molecule is NC(=O)C(N)(COc1ccc(F)cc1[N+](=O)[O-])C1CC1. The number of primary amides is 1. The first-order chi connectivity index (χ1) is 9.34. The molecule has 1 atom stereocenters. The van der Waals surface area contributed by atoms with Gasteiger partial charge in [-0.15, -0.1) is 0 Å². The van der Waals surface area contributed by atoms with Crippen molar-refractivity contribution in [3.8, 4) is 5.75 Å². The average molecular weight is 283 g/mol. The Morgan fingerprint density at radius 2 is 2.20 bits per heavy atom. The van der Waals surface area contributed by atoms with Gasteiger partial charge in [0.05, 0.1) is 11.0 Å². The van der Waals surface area contributed by atoms with Gasteiger partial charge in [0.2, 0.25) is 5.91 Å². The van der Waals surface area contributed by atoms with E-state index in [1.54, 1.807) is 0 Å². The van der Waals surface area contributed by atoms with Crippen LogP contribution < -0.4 is 16.2 Å². The molecule has 8 heteroatoms. The van der Waals surface area contributed by atoms with Crippen LogP contribution in [0.4, 0.5) is 10.1 Å². The van der Waals surface area contributed by atoms with Crippen molar-refractivity contribution < 1.29 is 18.8 Å². The molecule has 1 aliphatic rings. The predicted octanol–water partition coefficient (Wildman–Crippen LogP) is 0.705.